The molecule has 2 aromatic carbocycles. The van der Waals surface area contributed by atoms with Gasteiger partial charge in [-0.2, -0.15) is 0 Å². The molecule has 1 fully saturated rings. The Kier molecular flexibility index (Phi) is 4.74. The van der Waals surface area contributed by atoms with Crippen LogP contribution in [0, 0.1) is 29.4 Å². The quantitative estimate of drug-likeness (QED) is 0.687. The summed E-state index contributed by atoms with van der Waals surface area (Å²) < 4.78 is 61.2. The molecule has 0 amide bonds. The number of fused-ring (bicyclic) bond motifs is 3. The monoisotopic (exact) mass is 440 g/mol. The third-order valence-corrected chi connectivity index (χ3v) is 9.02. The predicted octanol–water partition coefficient (Wildman–Crippen LogP) is 4.54. The van der Waals surface area contributed by atoms with Crippen LogP contribution in [0.25, 0.3) is 0 Å². The summed E-state index contributed by atoms with van der Waals surface area (Å²) >= 11 is 5.91. The zero-order valence-electron chi connectivity index (χ0n) is 15.8. The molecule has 1 aliphatic carbocycles. The van der Waals surface area contributed by atoms with Crippen LogP contribution in [0.15, 0.2) is 41.3 Å². The van der Waals surface area contributed by atoms with Crippen LogP contribution in [0.1, 0.15) is 25.8 Å². The minimum atomic E-state index is -4.24. The minimum Gasteiger partial charge on any atom is -0.490 e. The van der Waals surface area contributed by atoms with E-state index in [1.165, 1.54) is 24.3 Å². The Morgan fingerprint density at radius 3 is 2.34 bits per heavy atom. The average Bonchev–Trinajstić information content (AvgIpc) is 2.68. The highest BCUT2D eigenvalue weighted by Crippen LogP contribution is 2.58. The van der Waals surface area contributed by atoms with Crippen molar-refractivity contribution in [3.8, 4) is 5.75 Å². The van der Waals surface area contributed by atoms with Crippen molar-refractivity contribution >= 4 is 27.2 Å². The molecule has 2 aliphatic rings. The van der Waals surface area contributed by atoms with Crippen molar-refractivity contribution in [1.29, 1.82) is 0 Å². The van der Waals surface area contributed by atoms with Crippen molar-refractivity contribution in [3.63, 3.8) is 0 Å². The molecule has 0 saturated heterocycles. The van der Waals surface area contributed by atoms with E-state index >= 15 is 4.39 Å². The van der Waals surface area contributed by atoms with E-state index in [-0.39, 0.29) is 29.3 Å². The second-order valence-electron chi connectivity index (χ2n) is 7.79. The normalized spacial score (nSPS) is 29.0. The summed E-state index contributed by atoms with van der Waals surface area (Å²) in [5.41, 5.74) is -0.324. The first-order valence-corrected chi connectivity index (χ1v) is 11.1. The fraction of sp³-hybridized carbons (Fsp3) is 0.381. The molecule has 0 spiro atoms. The molecule has 0 N–H and O–H groups in total. The largest absolute Gasteiger partial charge is 0.490 e. The van der Waals surface area contributed by atoms with Crippen molar-refractivity contribution < 1.29 is 26.7 Å². The predicted molar refractivity (Wildman–Crippen MR) is 104 cm³/mol. The second-order valence-corrected chi connectivity index (χ2v) is 10.4. The summed E-state index contributed by atoms with van der Waals surface area (Å²) in [6, 6.07) is 7.39. The number of carbonyl (C=O) groups is 1. The molecule has 1 heterocycles. The molecule has 0 radical (unpaired) electrons. The van der Waals surface area contributed by atoms with E-state index in [4.69, 9.17) is 16.3 Å². The van der Waals surface area contributed by atoms with Gasteiger partial charge >= 0.3 is 0 Å². The number of carbonyl (C=O) groups excluding carboxylic acids is 1. The molecule has 0 bridgehead atoms. The smallest absolute Gasteiger partial charge is 0.188 e. The molecular weight excluding hydrogens is 422 g/mol. The SMILES string of the molecule is C[C@@H]1C[C@@]2(S(=O)(=O)c3ccc(Cl)cc3)c3c(F)ccc(F)c3OCC2[C@H](C)C1=O. The summed E-state index contributed by atoms with van der Waals surface area (Å²) in [6.45, 7) is 3.06. The number of benzene rings is 2. The van der Waals surface area contributed by atoms with Gasteiger partial charge in [0.05, 0.1) is 17.1 Å². The summed E-state index contributed by atoms with van der Waals surface area (Å²) in [5, 5.41) is 0.350. The van der Waals surface area contributed by atoms with Crippen molar-refractivity contribution in [2.24, 2.45) is 17.8 Å². The number of rotatable bonds is 2. The van der Waals surface area contributed by atoms with Gasteiger partial charge in [-0.05, 0) is 42.8 Å². The number of ketones is 1. The number of ether oxygens (including phenoxy) is 1. The summed E-state index contributed by atoms with van der Waals surface area (Å²) in [7, 11) is -4.24. The molecule has 4 rings (SSSR count). The Balaban J connectivity index is 2.08. The molecule has 29 heavy (non-hydrogen) atoms. The molecule has 1 unspecified atom stereocenters. The Morgan fingerprint density at radius 2 is 1.69 bits per heavy atom. The third kappa shape index (κ3) is 2.74. The first kappa shape index (κ1) is 20.3. The zero-order chi connectivity index (χ0) is 21.1. The maximum atomic E-state index is 15.1. The van der Waals surface area contributed by atoms with Crippen LogP contribution in [-0.2, 0) is 19.4 Å². The van der Waals surface area contributed by atoms with Crippen molar-refractivity contribution in [1.82, 2.24) is 0 Å². The molecule has 1 aliphatic heterocycles. The number of halogens is 3. The van der Waals surface area contributed by atoms with E-state index in [0.717, 1.165) is 12.1 Å². The highest BCUT2D eigenvalue weighted by Gasteiger charge is 2.63. The lowest BCUT2D eigenvalue weighted by molar-refractivity contribution is -0.133. The summed E-state index contributed by atoms with van der Waals surface area (Å²) in [4.78, 5) is 12.6. The van der Waals surface area contributed by atoms with Crippen LogP contribution in [0.2, 0.25) is 5.02 Å². The van der Waals surface area contributed by atoms with Gasteiger partial charge < -0.3 is 4.74 Å². The fourth-order valence-corrected chi connectivity index (χ4v) is 7.47. The van der Waals surface area contributed by atoms with Gasteiger partial charge in [-0.15, -0.1) is 0 Å². The molecule has 0 aromatic heterocycles. The fourth-order valence-electron chi connectivity index (χ4n) is 4.83. The van der Waals surface area contributed by atoms with E-state index in [1.807, 2.05) is 0 Å². The van der Waals surface area contributed by atoms with E-state index in [0.29, 0.717) is 5.02 Å². The Labute approximate surface area is 172 Å². The van der Waals surface area contributed by atoms with E-state index in [2.05, 4.69) is 0 Å². The van der Waals surface area contributed by atoms with Gasteiger partial charge in [0.25, 0.3) is 0 Å². The molecule has 154 valence electrons. The Hall–Kier alpha value is -1.99. The first-order chi connectivity index (χ1) is 13.6. The number of Topliss-reactive ketones (excluding diaryl/α,β-unsaturated/α-hetero) is 1. The van der Waals surface area contributed by atoms with Gasteiger partial charge in [-0.3, -0.25) is 4.79 Å². The van der Waals surface area contributed by atoms with Crippen molar-refractivity contribution in [3.05, 3.63) is 58.6 Å². The van der Waals surface area contributed by atoms with Crippen LogP contribution in [-0.4, -0.2) is 20.8 Å². The number of hydrogen-bond acceptors (Lipinski definition) is 4. The highest BCUT2D eigenvalue weighted by atomic mass is 35.5. The van der Waals surface area contributed by atoms with Gasteiger partial charge in [0.1, 0.15) is 16.3 Å². The number of hydrogen-bond donors (Lipinski definition) is 0. The molecule has 2 aromatic rings. The van der Waals surface area contributed by atoms with Crippen LogP contribution in [0.5, 0.6) is 5.75 Å². The van der Waals surface area contributed by atoms with Gasteiger partial charge in [-0.1, -0.05) is 25.4 Å². The second kappa shape index (κ2) is 6.77. The third-order valence-electron chi connectivity index (χ3n) is 6.24. The van der Waals surface area contributed by atoms with E-state index in [9.17, 15) is 17.6 Å². The van der Waals surface area contributed by atoms with Gasteiger partial charge in [-0.25, -0.2) is 17.2 Å². The average molecular weight is 441 g/mol. The lowest BCUT2D eigenvalue weighted by atomic mass is 9.64. The van der Waals surface area contributed by atoms with Crippen LogP contribution >= 0.6 is 11.6 Å². The standard InChI is InChI=1S/C21H19ClF2O4S/c1-11-9-21(29(26,27)14-5-3-13(22)4-6-14)15(12(2)19(11)25)10-28-20-17(24)8-7-16(23)18(20)21/h3-8,11-12,15H,9-10H2,1-2H3/t11-,12+,15?,21+/m1/s1. The van der Waals surface area contributed by atoms with E-state index < -0.39 is 49.7 Å². The van der Waals surface area contributed by atoms with Gasteiger partial charge in [0.15, 0.2) is 21.4 Å². The topological polar surface area (TPSA) is 60.4 Å². The maximum absolute atomic E-state index is 15.1. The van der Waals surface area contributed by atoms with Gasteiger partial charge in [0.2, 0.25) is 0 Å². The Morgan fingerprint density at radius 1 is 1.07 bits per heavy atom. The summed E-state index contributed by atoms with van der Waals surface area (Å²) in [5.74, 6) is -4.39. The van der Waals surface area contributed by atoms with Crippen molar-refractivity contribution in [2.75, 3.05) is 6.61 Å². The van der Waals surface area contributed by atoms with Crippen LogP contribution in [0.4, 0.5) is 8.78 Å². The van der Waals surface area contributed by atoms with Gasteiger partial charge in [0, 0.05) is 22.8 Å². The Bertz CT molecular complexity index is 1100. The first-order valence-electron chi connectivity index (χ1n) is 9.26. The maximum Gasteiger partial charge on any atom is 0.188 e. The summed E-state index contributed by atoms with van der Waals surface area (Å²) in [6.07, 6.45) is -0.150. The lowest BCUT2D eigenvalue weighted by Gasteiger charge is -2.50. The molecule has 8 heteroatoms. The van der Waals surface area contributed by atoms with Crippen LogP contribution < -0.4 is 4.74 Å². The van der Waals surface area contributed by atoms with Crippen molar-refractivity contribution in [2.45, 2.75) is 29.9 Å². The molecule has 4 nitrogen and oxygen atoms in total. The molecule has 1 saturated carbocycles. The lowest BCUT2D eigenvalue weighted by Crippen LogP contribution is -2.57. The molecule has 4 atom stereocenters. The highest BCUT2D eigenvalue weighted by molar-refractivity contribution is 7.92. The zero-order valence-corrected chi connectivity index (χ0v) is 17.4. The molecular formula is C21H19ClF2O4S. The number of sulfone groups is 1. The minimum absolute atomic E-state index is 0.0582. The van der Waals surface area contributed by atoms with Crippen LogP contribution in [0.3, 0.4) is 0 Å². The van der Waals surface area contributed by atoms with E-state index in [1.54, 1.807) is 13.8 Å².